The third-order valence-corrected chi connectivity index (χ3v) is 0.936. The smallest absolute Gasteiger partial charge is 0.303 e. The maximum atomic E-state index is 9.90. The van der Waals surface area contributed by atoms with Gasteiger partial charge in [-0.15, -0.1) is 0 Å². The van der Waals surface area contributed by atoms with E-state index in [1.54, 1.807) is 0 Å². The molecule has 0 unspecified atom stereocenters. The van der Waals surface area contributed by atoms with Gasteiger partial charge in [0.1, 0.15) is 0 Å². The summed E-state index contributed by atoms with van der Waals surface area (Å²) in [4.78, 5) is 19.1. The third kappa shape index (κ3) is 36.3. The highest BCUT2D eigenvalue weighted by Crippen LogP contribution is 2.01. The number of carboxylic acid groups (broad SMARTS) is 1. The van der Waals surface area contributed by atoms with Gasteiger partial charge in [0, 0.05) is 13.3 Å². The Kier molecular flexibility index (Phi) is 9.06. The minimum atomic E-state index is -0.696. The van der Waals surface area contributed by atoms with Gasteiger partial charge in [-0.25, -0.2) is 0 Å². The van der Waals surface area contributed by atoms with Crippen LogP contribution in [0.15, 0.2) is 0 Å². The van der Waals surface area contributed by atoms with Crippen molar-refractivity contribution in [1.29, 1.82) is 0 Å². The number of nitrogens with two attached hydrogens (primary N) is 1. The normalized spacial score (nSPS) is 8.67. The van der Waals surface area contributed by atoms with Gasteiger partial charge in [-0.1, -0.05) is 13.8 Å². The largest absolute Gasteiger partial charge is 0.481 e. The van der Waals surface area contributed by atoms with Crippen molar-refractivity contribution < 1.29 is 14.7 Å². The lowest BCUT2D eigenvalue weighted by molar-refractivity contribution is -0.137. The second-order valence-electron chi connectivity index (χ2n) is 2.94. The van der Waals surface area contributed by atoms with Crippen molar-refractivity contribution in [2.75, 3.05) is 0 Å². The van der Waals surface area contributed by atoms with Crippen molar-refractivity contribution in [3.63, 3.8) is 0 Å². The summed E-state index contributed by atoms with van der Waals surface area (Å²) in [7, 11) is 0. The SMILES string of the molecule is CC(C)CCC(=O)O.CC(N)=O. The van der Waals surface area contributed by atoms with Crippen molar-refractivity contribution >= 4 is 11.9 Å². The summed E-state index contributed by atoms with van der Waals surface area (Å²) in [6, 6.07) is 0. The molecule has 72 valence electrons. The minimum absolute atomic E-state index is 0.303. The molecule has 0 aliphatic heterocycles. The number of carboxylic acids is 1. The fourth-order valence-corrected chi connectivity index (χ4v) is 0.412. The fourth-order valence-electron chi connectivity index (χ4n) is 0.412. The van der Waals surface area contributed by atoms with Gasteiger partial charge in [0.25, 0.3) is 0 Å². The average molecular weight is 175 g/mol. The summed E-state index contributed by atoms with van der Waals surface area (Å²) >= 11 is 0. The van der Waals surface area contributed by atoms with Crippen LogP contribution in [-0.4, -0.2) is 17.0 Å². The standard InChI is InChI=1S/C6H12O2.C2H5NO/c1-5(2)3-4-6(7)8;1-2(3)4/h5H,3-4H2,1-2H3,(H,7,8);1H3,(H2,3,4). The van der Waals surface area contributed by atoms with Gasteiger partial charge in [-0.05, 0) is 12.3 Å². The van der Waals surface area contributed by atoms with E-state index >= 15 is 0 Å². The Bertz CT molecular complexity index is 139. The lowest BCUT2D eigenvalue weighted by Crippen LogP contribution is -2.01. The van der Waals surface area contributed by atoms with E-state index in [2.05, 4.69) is 5.73 Å². The van der Waals surface area contributed by atoms with Crippen LogP contribution < -0.4 is 5.73 Å². The first-order valence-electron chi connectivity index (χ1n) is 3.84. The van der Waals surface area contributed by atoms with Crippen LogP contribution in [0.3, 0.4) is 0 Å². The Labute approximate surface area is 72.8 Å². The molecule has 0 spiro atoms. The molecule has 0 aromatic rings. The summed E-state index contributed by atoms with van der Waals surface area (Å²) in [5.74, 6) is -0.523. The van der Waals surface area contributed by atoms with E-state index in [9.17, 15) is 9.59 Å². The lowest BCUT2D eigenvalue weighted by Gasteiger charge is -1.97. The molecule has 4 nitrogen and oxygen atoms in total. The van der Waals surface area contributed by atoms with Gasteiger partial charge in [0.2, 0.25) is 5.91 Å². The van der Waals surface area contributed by atoms with Crippen LogP contribution in [0.2, 0.25) is 0 Å². The summed E-state index contributed by atoms with van der Waals surface area (Å²) in [6.45, 7) is 5.34. The average Bonchev–Trinajstić information content (AvgIpc) is 1.82. The van der Waals surface area contributed by atoms with Crippen LogP contribution >= 0.6 is 0 Å². The fraction of sp³-hybridized carbons (Fsp3) is 0.750. The molecule has 4 heteroatoms. The van der Waals surface area contributed by atoms with Crippen molar-refractivity contribution in [2.24, 2.45) is 11.7 Å². The van der Waals surface area contributed by atoms with Crippen LogP contribution in [0.25, 0.3) is 0 Å². The molecule has 3 N–H and O–H groups in total. The molecule has 0 aromatic heterocycles. The van der Waals surface area contributed by atoms with E-state index in [1.807, 2.05) is 13.8 Å². The highest BCUT2D eigenvalue weighted by atomic mass is 16.4. The first-order valence-corrected chi connectivity index (χ1v) is 3.84. The first-order chi connectivity index (χ1) is 5.36. The van der Waals surface area contributed by atoms with E-state index in [4.69, 9.17) is 5.11 Å². The van der Waals surface area contributed by atoms with Crippen LogP contribution in [0.4, 0.5) is 0 Å². The second-order valence-corrected chi connectivity index (χ2v) is 2.94. The molecule has 12 heavy (non-hydrogen) atoms. The molecular formula is C8H17NO3. The molecule has 0 rings (SSSR count). The monoisotopic (exact) mass is 175 g/mol. The molecule has 0 aromatic carbocycles. The Morgan fingerprint density at radius 3 is 1.83 bits per heavy atom. The van der Waals surface area contributed by atoms with Gasteiger partial charge < -0.3 is 10.8 Å². The van der Waals surface area contributed by atoms with Gasteiger partial charge in [0.05, 0.1) is 0 Å². The molecule has 0 saturated heterocycles. The van der Waals surface area contributed by atoms with Crippen molar-refractivity contribution in [3.8, 4) is 0 Å². The van der Waals surface area contributed by atoms with E-state index in [0.717, 1.165) is 6.42 Å². The molecule has 0 radical (unpaired) electrons. The zero-order valence-corrected chi connectivity index (χ0v) is 7.83. The summed E-state index contributed by atoms with van der Waals surface area (Å²) < 4.78 is 0. The second kappa shape index (κ2) is 8.04. The molecule has 0 aliphatic rings. The van der Waals surface area contributed by atoms with Gasteiger partial charge >= 0.3 is 5.97 Å². The maximum absolute atomic E-state index is 9.90. The predicted octanol–water partition coefficient (Wildman–Crippen LogP) is 0.999. The van der Waals surface area contributed by atoms with Crippen molar-refractivity contribution in [1.82, 2.24) is 0 Å². The molecule has 0 heterocycles. The predicted molar refractivity (Wildman–Crippen MR) is 46.6 cm³/mol. The minimum Gasteiger partial charge on any atom is -0.481 e. The summed E-state index contributed by atoms with van der Waals surface area (Å²) in [6.07, 6.45) is 1.09. The number of carbonyl (C=O) groups is 2. The van der Waals surface area contributed by atoms with E-state index in [1.165, 1.54) is 6.92 Å². The Morgan fingerprint density at radius 2 is 1.75 bits per heavy atom. The zero-order chi connectivity index (χ0) is 10.1. The number of primary amides is 1. The van der Waals surface area contributed by atoms with E-state index < -0.39 is 5.97 Å². The Balaban J connectivity index is 0. The molecule has 0 atom stereocenters. The summed E-state index contributed by atoms with van der Waals surface area (Å²) in [5, 5.41) is 8.16. The number of hydrogen-bond donors (Lipinski definition) is 2. The van der Waals surface area contributed by atoms with Crippen LogP contribution in [0, 0.1) is 5.92 Å². The van der Waals surface area contributed by atoms with Crippen LogP contribution in [0.1, 0.15) is 33.6 Å². The number of hydrogen-bond acceptors (Lipinski definition) is 2. The molecule has 0 fully saturated rings. The molecule has 0 aliphatic carbocycles. The lowest BCUT2D eigenvalue weighted by atomic mass is 10.1. The zero-order valence-electron chi connectivity index (χ0n) is 7.83. The first kappa shape index (κ1) is 13.5. The molecule has 0 bridgehead atoms. The topological polar surface area (TPSA) is 80.4 Å². The molecular weight excluding hydrogens is 158 g/mol. The maximum Gasteiger partial charge on any atom is 0.303 e. The Morgan fingerprint density at radius 1 is 1.42 bits per heavy atom. The number of rotatable bonds is 3. The quantitative estimate of drug-likeness (QED) is 0.671. The molecule has 1 amide bonds. The highest BCUT2D eigenvalue weighted by Gasteiger charge is 1.97. The van der Waals surface area contributed by atoms with Crippen molar-refractivity contribution in [3.05, 3.63) is 0 Å². The van der Waals surface area contributed by atoms with Crippen LogP contribution in [0.5, 0.6) is 0 Å². The molecule has 0 saturated carbocycles. The van der Waals surface area contributed by atoms with Crippen LogP contribution in [-0.2, 0) is 9.59 Å². The third-order valence-electron chi connectivity index (χ3n) is 0.936. The summed E-state index contributed by atoms with van der Waals surface area (Å²) in [5.41, 5.74) is 4.47. The van der Waals surface area contributed by atoms with Gasteiger partial charge in [-0.2, -0.15) is 0 Å². The number of aliphatic carboxylic acids is 1. The van der Waals surface area contributed by atoms with E-state index in [0.29, 0.717) is 12.3 Å². The number of amides is 1. The van der Waals surface area contributed by atoms with Crippen molar-refractivity contribution in [2.45, 2.75) is 33.6 Å². The number of carbonyl (C=O) groups excluding carboxylic acids is 1. The van der Waals surface area contributed by atoms with E-state index in [-0.39, 0.29) is 5.91 Å². The Hall–Kier alpha value is -1.06. The van der Waals surface area contributed by atoms with Gasteiger partial charge in [0.15, 0.2) is 0 Å². The highest BCUT2D eigenvalue weighted by molar-refractivity contribution is 5.70. The van der Waals surface area contributed by atoms with Gasteiger partial charge in [-0.3, -0.25) is 9.59 Å².